The predicted octanol–water partition coefficient (Wildman–Crippen LogP) is 4.36. The van der Waals surface area contributed by atoms with E-state index < -0.39 is 0 Å². The summed E-state index contributed by atoms with van der Waals surface area (Å²) in [5.74, 6) is 0.814. The molecule has 3 rings (SSSR count). The zero-order chi connectivity index (χ0) is 14.8. The van der Waals surface area contributed by atoms with Gasteiger partial charge in [0.05, 0.1) is 11.6 Å². The first-order valence-corrected chi connectivity index (χ1v) is 8.48. The van der Waals surface area contributed by atoms with Crippen molar-refractivity contribution in [2.45, 2.75) is 39.2 Å². The lowest BCUT2D eigenvalue weighted by molar-refractivity contribution is 0.0939. The van der Waals surface area contributed by atoms with Crippen molar-refractivity contribution in [3.63, 3.8) is 0 Å². The van der Waals surface area contributed by atoms with Crippen molar-refractivity contribution in [3.8, 4) is 0 Å². The van der Waals surface area contributed by atoms with Gasteiger partial charge in [0.2, 0.25) is 0 Å². The summed E-state index contributed by atoms with van der Waals surface area (Å²) in [4.78, 5) is 13.9. The van der Waals surface area contributed by atoms with E-state index in [9.17, 15) is 4.79 Å². The van der Waals surface area contributed by atoms with Crippen molar-refractivity contribution in [2.75, 3.05) is 0 Å². The maximum atomic E-state index is 12.5. The highest BCUT2D eigenvalue weighted by Gasteiger charge is 2.23. The predicted molar refractivity (Wildman–Crippen MR) is 87.8 cm³/mol. The van der Waals surface area contributed by atoms with Crippen molar-refractivity contribution in [1.29, 1.82) is 0 Å². The number of amides is 1. The van der Waals surface area contributed by atoms with Crippen molar-refractivity contribution in [2.24, 2.45) is 5.92 Å². The summed E-state index contributed by atoms with van der Waals surface area (Å²) in [6.45, 7) is 4.33. The molecule has 2 aromatic rings. The van der Waals surface area contributed by atoms with Gasteiger partial charge in [0, 0.05) is 10.3 Å². The largest absolute Gasteiger partial charge is 0.345 e. The molecule has 1 aromatic carbocycles. The maximum absolute atomic E-state index is 12.5. The lowest BCUT2D eigenvalue weighted by Crippen LogP contribution is -2.27. The van der Waals surface area contributed by atoms with Gasteiger partial charge in [0.15, 0.2) is 0 Å². The molecule has 1 aromatic heterocycles. The molecule has 1 heterocycles. The van der Waals surface area contributed by atoms with Gasteiger partial charge in [-0.2, -0.15) is 0 Å². The van der Waals surface area contributed by atoms with Crippen LogP contribution >= 0.6 is 11.3 Å². The van der Waals surface area contributed by atoms with Crippen LogP contribution in [0.25, 0.3) is 0 Å². The van der Waals surface area contributed by atoms with Gasteiger partial charge < -0.3 is 5.32 Å². The van der Waals surface area contributed by atoms with Gasteiger partial charge in [-0.1, -0.05) is 37.3 Å². The summed E-state index contributed by atoms with van der Waals surface area (Å²) in [6, 6.07) is 10.1. The van der Waals surface area contributed by atoms with Crippen LogP contribution in [0.15, 0.2) is 35.7 Å². The van der Waals surface area contributed by atoms with Crippen molar-refractivity contribution < 1.29 is 4.79 Å². The third kappa shape index (κ3) is 3.03. The summed E-state index contributed by atoms with van der Waals surface area (Å²) in [7, 11) is 0. The molecule has 21 heavy (non-hydrogen) atoms. The van der Waals surface area contributed by atoms with Crippen LogP contribution in [-0.2, 0) is 12.8 Å². The van der Waals surface area contributed by atoms with Gasteiger partial charge >= 0.3 is 0 Å². The molecule has 3 heteroatoms. The SMILES string of the molecule is C[C@@H]1CCc2c(C(=O)N[C@@H](C)c3ccccc3)csc2C1. The number of fused-ring (bicyclic) bond motifs is 1. The fourth-order valence-corrected chi connectivity index (χ4v) is 4.21. The minimum Gasteiger partial charge on any atom is -0.345 e. The summed E-state index contributed by atoms with van der Waals surface area (Å²) in [5.41, 5.74) is 3.32. The number of hydrogen-bond acceptors (Lipinski definition) is 2. The molecule has 2 atom stereocenters. The van der Waals surface area contributed by atoms with Gasteiger partial charge in [-0.25, -0.2) is 0 Å². The van der Waals surface area contributed by atoms with E-state index in [2.05, 4.69) is 24.4 Å². The Bertz CT molecular complexity index is 632. The summed E-state index contributed by atoms with van der Waals surface area (Å²) >= 11 is 1.75. The van der Waals surface area contributed by atoms with E-state index in [1.54, 1.807) is 11.3 Å². The van der Waals surface area contributed by atoms with Crippen molar-refractivity contribution in [3.05, 3.63) is 57.3 Å². The second-order valence-corrected chi connectivity index (χ2v) is 6.97. The number of carbonyl (C=O) groups is 1. The van der Waals surface area contributed by atoms with Gasteiger partial charge in [0.1, 0.15) is 0 Å². The van der Waals surface area contributed by atoms with Crippen LogP contribution in [0.4, 0.5) is 0 Å². The highest BCUT2D eigenvalue weighted by molar-refractivity contribution is 7.10. The Balaban J connectivity index is 1.75. The molecule has 1 aliphatic carbocycles. The van der Waals surface area contributed by atoms with Crippen molar-refractivity contribution in [1.82, 2.24) is 5.32 Å². The normalized spacial score (nSPS) is 18.9. The van der Waals surface area contributed by atoms with E-state index in [0.29, 0.717) is 0 Å². The molecule has 0 aliphatic heterocycles. The van der Waals surface area contributed by atoms with Crippen LogP contribution in [0.3, 0.4) is 0 Å². The number of benzene rings is 1. The molecule has 0 saturated carbocycles. The highest BCUT2D eigenvalue weighted by Crippen LogP contribution is 2.33. The van der Waals surface area contributed by atoms with E-state index in [-0.39, 0.29) is 11.9 Å². The Hall–Kier alpha value is -1.61. The number of nitrogens with one attached hydrogen (secondary N) is 1. The van der Waals surface area contributed by atoms with E-state index in [4.69, 9.17) is 0 Å². The zero-order valence-electron chi connectivity index (χ0n) is 12.6. The lowest BCUT2D eigenvalue weighted by Gasteiger charge is -2.19. The van der Waals surface area contributed by atoms with Crippen LogP contribution < -0.4 is 5.32 Å². The summed E-state index contributed by atoms with van der Waals surface area (Å²) in [6.07, 6.45) is 3.36. The monoisotopic (exact) mass is 299 g/mol. The molecular formula is C18H21NOS. The average molecular weight is 299 g/mol. The fraction of sp³-hybridized carbons (Fsp3) is 0.389. The molecule has 1 amide bonds. The summed E-state index contributed by atoms with van der Waals surface area (Å²) in [5, 5.41) is 5.17. The standard InChI is InChI=1S/C18H21NOS/c1-12-8-9-15-16(11-21-17(15)10-12)18(20)19-13(2)14-6-4-3-5-7-14/h3-7,11-13H,8-10H2,1-2H3,(H,19,20)/t12-,13+/m1/s1. The molecular weight excluding hydrogens is 278 g/mol. The minimum absolute atomic E-state index is 0.0387. The first-order chi connectivity index (χ1) is 10.1. The van der Waals surface area contributed by atoms with E-state index in [0.717, 1.165) is 29.9 Å². The molecule has 2 nitrogen and oxygen atoms in total. The smallest absolute Gasteiger partial charge is 0.252 e. The maximum Gasteiger partial charge on any atom is 0.252 e. The Kier molecular flexibility index (Phi) is 4.11. The van der Waals surface area contributed by atoms with Crippen LogP contribution in [0.2, 0.25) is 0 Å². The van der Waals surface area contributed by atoms with Crippen LogP contribution in [0, 0.1) is 5.92 Å². The topological polar surface area (TPSA) is 29.1 Å². The zero-order valence-corrected chi connectivity index (χ0v) is 13.4. The Morgan fingerprint density at radius 1 is 1.33 bits per heavy atom. The molecule has 0 fully saturated rings. The number of thiophene rings is 1. The Morgan fingerprint density at radius 2 is 2.10 bits per heavy atom. The fourth-order valence-electron chi connectivity index (χ4n) is 2.97. The van der Waals surface area contributed by atoms with Crippen LogP contribution in [-0.4, -0.2) is 5.91 Å². The van der Waals surface area contributed by atoms with Gasteiger partial charge in [-0.15, -0.1) is 11.3 Å². The second kappa shape index (κ2) is 6.02. The average Bonchev–Trinajstić information content (AvgIpc) is 2.91. The number of rotatable bonds is 3. The molecule has 0 spiro atoms. The minimum atomic E-state index is 0.0387. The summed E-state index contributed by atoms with van der Waals surface area (Å²) < 4.78 is 0. The number of carbonyl (C=O) groups excluding carboxylic acids is 1. The molecule has 110 valence electrons. The van der Waals surface area contributed by atoms with Gasteiger partial charge in [-0.3, -0.25) is 4.79 Å². The highest BCUT2D eigenvalue weighted by atomic mass is 32.1. The van der Waals surface area contributed by atoms with Gasteiger partial charge in [0.25, 0.3) is 5.91 Å². The van der Waals surface area contributed by atoms with Crippen LogP contribution in [0.1, 0.15) is 52.7 Å². The molecule has 0 unspecified atom stereocenters. The van der Waals surface area contributed by atoms with Crippen LogP contribution in [0.5, 0.6) is 0 Å². The third-order valence-corrected chi connectivity index (χ3v) is 5.34. The van der Waals surface area contributed by atoms with Crippen molar-refractivity contribution >= 4 is 17.2 Å². The molecule has 0 saturated heterocycles. The Morgan fingerprint density at radius 3 is 2.86 bits per heavy atom. The second-order valence-electron chi connectivity index (χ2n) is 6.00. The third-order valence-electron chi connectivity index (χ3n) is 4.29. The molecule has 0 bridgehead atoms. The van der Waals surface area contributed by atoms with E-state index in [1.807, 2.05) is 30.5 Å². The molecule has 1 aliphatic rings. The van der Waals surface area contributed by atoms with E-state index >= 15 is 0 Å². The first kappa shape index (κ1) is 14.3. The molecule has 1 N–H and O–H groups in total. The quantitative estimate of drug-likeness (QED) is 0.896. The number of hydrogen-bond donors (Lipinski definition) is 1. The van der Waals surface area contributed by atoms with Gasteiger partial charge in [-0.05, 0) is 43.2 Å². The first-order valence-electron chi connectivity index (χ1n) is 7.60. The van der Waals surface area contributed by atoms with E-state index in [1.165, 1.54) is 16.9 Å². The Labute approximate surface area is 130 Å². The lowest BCUT2D eigenvalue weighted by atomic mass is 9.88. The molecule has 0 radical (unpaired) electrons.